The molecule has 4 aromatic rings. The molecule has 0 spiro atoms. The second-order valence-electron chi connectivity index (χ2n) is 10.4. The molecule has 4 rings (SSSR count). The van der Waals surface area contributed by atoms with E-state index in [0.29, 0.717) is 43.1 Å². The molecule has 0 saturated carbocycles. The second-order valence-corrected chi connectivity index (χ2v) is 11.8. The van der Waals surface area contributed by atoms with Gasteiger partial charge in [0.1, 0.15) is 6.54 Å². The topological polar surface area (TPSA) is 59.1 Å². The van der Waals surface area contributed by atoms with E-state index in [1.54, 1.807) is 30.5 Å². The quantitative estimate of drug-likeness (QED) is 0.197. The average molecular weight is 559 g/mol. The molecule has 0 aliphatic heterocycles. The maximum atomic E-state index is 13.8. The summed E-state index contributed by atoms with van der Waals surface area (Å²) in [6, 6.07) is 23.7. The summed E-state index contributed by atoms with van der Waals surface area (Å²) in [5, 5.41) is 2.09. The van der Waals surface area contributed by atoms with Crippen LogP contribution in [0.15, 0.2) is 72.8 Å². The van der Waals surface area contributed by atoms with Crippen LogP contribution in [0.5, 0.6) is 11.5 Å². The Balaban J connectivity index is 1.55. The van der Waals surface area contributed by atoms with Crippen LogP contribution < -0.4 is 9.47 Å². The third-order valence-corrected chi connectivity index (χ3v) is 7.79. The molecular weight excluding hydrogens is 520 g/mol. The van der Waals surface area contributed by atoms with Crippen molar-refractivity contribution in [2.45, 2.75) is 33.7 Å². The molecule has 3 aromatic carbocycles. The highest BCUT2D eigenvalue weighted by atomic mass is 32.1. The molecule has 6 nitrogen and oxygen atoms in total. The van der Waals surface area contributed by atoms with E-state index in [1.165, 1.54) is 4.88 Å². The van der Waals surface area contributed by atoms with Crippen LogP contribution in [0.2, 0.25) is 0 Å². The average Bonchev–Trinajstić information content (AvgIpc) is 3.37. The largest absolute Gasteiger partial charge is 0.493 e. The number of aryl methyl sites for hydroxylation is 1. The Morgan fingerprint density at radius 3 is 2.27 bits per heavy atom. The van der Waals surface area contributed by atoms with Gasteiger partial charge in [0.15, 0.2) is 11.5 Å². The van der Waals surface area contributed by atoms with Gasteiger partial charge in [-0.25, -0.2) is 0 Å². The monoisotopic (exact) mass is 558 g/mol. The van der Waals surface area contributed by atoms with Gasteiger partial charge in [-0.2, -0.15) is 0 Å². The molecule has 0 aliphatic carbocycles. The summed E-state index contributed by atoms with van der Waals surface area (Å²) in [6.45, 7) is 7.74. The Morgan fingerprint density at radius 1 is 0.850 bits per heavy atom. The predicted molar refractivity (Wildman–Crippen MR) is 162 cm³/mol. The number of fused-ring (bicyclic) bond motifs is 1. The molecule has 0 N–H and O–H groups in total. The summed E-state index contributed by atoms with van der Waals surface area (Å²) in [5.41, 5.74) is 1.64. The van der Waals surface area contributed by atoms with Gasteiger partial charge in [-0.3, -0.25) is 9.59 Å². The number of ether oxygens (including phenoxy) is 2. The van der Waals surface area contributed by atoms with E-state index in [0.717, 1.165) is 21.2 Å². The molecule has 0 aliphatic rings. The van der Waals surface area contributed by atoms with Crippen molar-refractivity contribution in [1.29, 1.82) is 0 Å². The molecule has 2 amide bonds. The fourth-order valence-corrected chi connectivity index (χ4v) is 5.68. The fraction of sp³-hybridized carbons (Fsp3) is 0.333. The molecular formula is C33H38N2O4S. The van der Waals surface area contributed by atoms with Crippen LogP contribution in [0.1, 0.15) is 39.5 Å². The van der Waals surface area contributed by atoms with Gasteiger partial charge in [-0.05, 0) is 72.0 Å². The van der Waals surface area contributed by atoms with Gasteiger partial charge in [0.05, 0.1) is 20.8 Å². The summed E-state index contributed by atoms with van der Waals surface area (Å²) >= 11 is 1.69. The lowest BCUT2D eigenvalue weighted by Gasteiger charge is -2.29. The molecule has 1 heterocycles. The Hall–Kier alpha value is -3.84. The molecule has 0 saturated heterocycles. The van der Waals surface area contributed by atoms with Gasteiger partial charge in [-0.15, -0.1) is 11.3 Å². The minimum Gasteiger partial charge on any atom is -0.493 e. The lowest BCUT2D eigenvalue weighted by atomic mass is 10.1. The van der Waals surface area contributed by atoms with E-state index in [9.17, 15) is 9.59 Å². The smallest absolute Gasteiger partial charge is 0.254 e. The summed E-state index contributed by atoms with van der Waals surface area (Å²) in [5.74, 6) is 1.36. The minimum atomic E-state index is -0.125. The number of hydrogen-bond donors (Lipinski definition) is 0. The van der Waals surface area contributed by atoms with E-state index in [-0.39, 0.29) is 24.3 Å². The lowest BCUT2D eigenvalue weighted by Crippen LogP contribution is -2.44. The highest BCUT2D eigenvalue weighted by molar-refractivity contribution is 7.11. The molecule has 0 radical (unpaired) electrons. The third-order valence-electron chi connectivity index (χ3n) is 6.81. The Bertz CT molecular complexity index is 1460. The first kappa shape index (κ1) is 29.2. The van der Waals surface area contributed by atoms with Crippen molar-refractivity contribution in [2.24, 2.45) is 5.92 Å². The second kappa shape index (κ2) is 13.5. The van der Waals surface area contributed by atoms with Crippen LogP contribution in [-0.2, 0) is 17.8 Å². The maximum Gasteiger partial charge on any atom is 0.254 e. The van der Waals surface area contributed by atoms with Gasteiger partial charge < -0.3 is 19.3 Å². The standard InChI is InChI=1S/C33H38N2O4S/c1-23(2)20-35(33(37)28-13-12-26-8-6-7-9-27(26)19-28)22-32(36)34(21-29-14-10-24(3)40-29)17-16-25-11-15-30(38-4)31(18-25)39-5/h6-15,18-19,23H,16-17,20-22H2,1-5H3. The summed E-state index contributed by atoms with van der Waals surface area (Å²) < 4.78 is 10.8. The number of hydrogen-bond acceptors (Lipinski definition) is 5. The minimum absolute atomic E-state index is 0.0279. The molecule has 210 valence electrons. The summed E-state index contributed by atoms with van der Waals surface area (Å²) in [7, 11) is 3.23. The highest BCUT2D eigenvalue weighted by Crippen LogP contribution is 2.28. The number of benzene rings is 3. The van der Waals surface area contributed by atoms with Crippen LogP contribution in [0.25, 0.3) is 10.8 Å². The van der Waals surface area contributed by atoms with Crippen LogP contribution >= 0.6 is 11.3 Å². The van der Waals surface area contributed by atoms with Crippen molar-refractivity contribution >= 4 is 33.9 Å². The van der Waals surface area contributed by atoms with Crippen molar-refractivity contribution in [2.75, 3.05) is 33.9 Å². The van der Waals surface area contributed by atoms with Gasteiger partial charge in [0.2, 0.25) is 5.91 Å². The van der Waals surface area contributed by atoms with Crippen LogP contribution in [-0.4, -0.2) is 55.5 Å². The number of rotatable bonds is 12. The molecule has 7 heteroatoms. The van der Waals surface area contributed by atoms with E-state index in [2.05, 4.69) is 32.9 Å². The van der Waals surface area contributed by atoms with Gasteiger partial charge in [0, 0.05) is 28.4 Å². The Morgan fingerprint density at radius 2 is 1.60 bits per heavy atom. The van der Waals surface area contributed by atoms with Crippen LogP contribution in [0, 0.1) is 12.8 Å². The molecule has 40 heavy (non-hydrogen) atoms. The molecule has 0 fully saturated rings. The Kier molecular flexibility index (Phi) is 9.83. The first-order valence-electron chi connectivity index (χ1n) is 13.6. The van der Waals surface area contributed by atoms with Gasteiger partial charge in [0.25, 0.3) is 5.91 Å². The zero-order valence-electron chi connectivity index (χ0n) is 24.0. The fourth-order valence-electron chi connectivity index (χ4n) is 4.78. The first-order valence-corrected chi connectivity index (χ1v) is 14.4. The zero-order chi connectivity index (χ0) is 28.6. The summed E-state index contributed by atoms with van der Waals surface area (Å²) in [6.07, 6.45) is 0.652. The zero-order valence-corrected chi connectivity index (χ0v) is 24.8. The number of thiophene rings is 1. The van der Waals surface area contributed by atoms with Crippen LogP contribution in [0.4, 0.5) is 0 Å². The SMILES string of the molecule is COc1ccc(CCN(Cc2ccc(C)s2)C(=O)CN(CC(C)C)C(=O)c2ccc3ccccc3c2)cc1OC. The van der Waals surface area contributed by atoms with Crippen molar-refractivity contribution in [1.82, 2.24) is 9.80 Å². The number of amides is 2. The number of methoxy groups -OCH3 is 2. The van der Waals surface area contributed by atoms with E-state index in [1.807, 2.05) is 65.6 Å². The van der Waals surface area contributed by atoms with Crippen molar-refractivity contribution in [3.8, 4) is 11.5 Å². The molecule has 0 bridgehead atoms. The predicted octanol–water partition coefficient (Wildman–Crippen LogP) is 6.60. The lowest BCUT2D eigenvalue weighted by molar-refractivity contribution is -0.132. The van der Waals surface area contributed by atoms with Crippen molar-refractivity contribution in [3.63, 3.8) is 0 Å². The number of carbonyl (C=O) groups is 2. The van der Waals surface area contributed by atoms with Crippen molar-refractivity contribution in [3.05, 3.63) is 93.7 Å². The molecule has 0 unspecified atom stereocenters. The molecule has 0 atom stereocenters. The van der Waals surface area contributed by atoms with Crippen LogP contribution in [0.3, 0.4) is 0 Å². The Labute approximate surface area is 241 Å². The highest BCUT2D eigenvalue weighted by Gasteiger charge is 2.24. The normalized spacial score (nSPS) is 11.1. The van der Waals surface area contributed by atoms with E-state index in [4.69, 9.17) is 9.47 Å². The summed E-state index contributed by atoms with van der Waals surface area (Å²) in [4.78, 5) is 33.4. The van der Waals surface area contributed by atoms with Gasteiger partial charge in [-0.1, -0.05) is 50.2 Å². The first-order chi connectivity index (χ1) is 19.3. The third kappa shape index (κ3) is 7.42. The number of nitrogens with zero attached hydrogens (tertiary/aromatic N) is 2. The molecule has 1 aromatic heterocycles. The maximum absolute atomic E-state index is 13.8. The number of carbonyl (C=O) groups excluding carboxylic acids is 2. The van der Waals surface area contributed by atoms with Gasteiger partial charge >= 0.3 is 0 Å². The van der Waals surface area contributed by atoms with E-state index < -0.39 is 0 Å². The van der Waals surface area contributed by atoms with Crippen molar-refractivity contribution < 1.29 is 19.1 Å². The van der Waals surface area contributed by atoms with E-state index >= 15 is 0 Å².